The van der Waals surface area contributed by atoms with Gasteiger partial charge in [0.05, 0.1) is 5.83 Å². The first-order valence-corrected chi connectivity index (χ1v) is 8.33. The number of hydrogen-bond acceptors (Lipinski definition) is 5. The van der Waals surface area contributed by atoms with Gasteiger partial charge in [-0.25, -0.2) is 4.39 Å². The summed E-state index contributed by atoms with van der Waals surface area (Å²) >= 11 is 0. The van der Waals surface area contributed by atoms with Gasteiger partial charge >= 0.3 is 0 Å². The number of hydrogen-bond donors (Lipinski definition) is 4. The molecule has 0 aromatic carbocycles. The molecular formula is C14H24FN5S. The van der Waals surface area contributed by atoms with Crippen molar-refractivity contribution in [2.24, 2.45) is 11.5 Å². The molecule has 0 aliphatic carbocycles. The zero-order chi connectivity index (χ0) is 15.7. The molecular weight excluding hydrogens is 289 g/mol. The molecule has 0 aromatic rings. The minimum Gasteiger partial charge on any atom is -0.400 e. The number of halogens is 1. The molecule has 118 valence electrons. The third-order valence-corrected chi connectivity index (χ3v) is 4.19. The van der Waals surface area contributed by atoms with Crippen LogP contribution in [0.1, 0.15) is 6.92 Å². The highest BCUT2D eigenvalue weighted by Gasteiger charge is 2.08. The van der Waals surface area contributed by atoms with E-state index >= 15 is 0 Å². The first-order valence-electron chi connectivity index (χ1n) is 6.77. The predicted molar refractivity (Wildman–Crippen MR) is 87.9 cm³/mol. The van der Waals surface area contributed by atoms with Crippen LogP contribution in [0.15, 0.2) is 47.8 Å². The maximum atomic E-state index is 13.0. The van der Waals surface area contributed by atoms with Crippen molar-refractivity contribution in [3.8, 4) is 0 Å². The van der Waals surface area contributed by atoms with Crippen molar-refractivity contribution in [3.05, 3.63) is 47.8 Å². The fourth-order valence-corrected chi connectivity index (χ4v) is 2.79. The van der Waals surface area contributed by atoms with Crippen molar-refractivity contribution in [2.75, 3.05) is 31.1 Å². The maximum Gasteiger partial charge on any atom is 0.0989 e. The van der Waals surface area contributed by atoms with Gasteiger partial charge in [0, 0.05) is 48.7 Å². The molecule has 1 heterocycles. The van der Waals surface area contributed by atoms with Crippen LogP contribution in [-0.2, 0) is 10.7 Å². The summed E-state index contributed by atoms with van der Waals surface area (Å²) in [7, 11) is -0.188. The summed E-state index contributed by atoms with van der Waals surface area (Å²) in [5, 5.41) is 2.93. The van der Waals surface area contributed by atoms with E-state index in [-0.39, 0.29) is 23.1 Å². The average Bonchev–Trinajstić information content (AvgIpc) is 2.45. The van der Waals surface area contributed by atoms with Crippen LogP contribution in [0.5, 0.6) is 0 Å². The lowest BCUT2D eigenvalue weighted by Crippen LogP contribution is -2.33. The SMILES string of the molecule is C\C(F)=C/C(=C\C=C\N1CCS(=N)CC1)N/C=C(\N)CN. The Kier molecular flexibility index (Phi) is 7.78. The lowest BCUT2D eigenvalue weighted by molar-refractivity contribution is 0.415. The summed E-state index contributed by atoms with van der Waals surface area (Å²) in [5.74, 6) is 1.54. The predicted octanol–water partition coefficient (Wildman–Crippen LogP) is 1.30. The van der Waals surface area contributed by atoms with Gasteiger partial charge in [0.1, 0.15) is 0 Å². The van der Waals surface area contributed by atoms with E-state index in [1.807, 2.05) is 12.3 Å². The van der Waals surface area contributed by atoms with Crippen LogP contribution in [-0.4, -0.2) is 36.0 Å². The molecule has 6 N–H and O–H groups in total. The van der Waals surface area contributed by atoms with Gasteiger partial charge in [-0.2, -0.15) is 0 Å². The van der Waals surface area contributed by atoms with Crippen LogP contribution in [0, 0.1) is 4.78 Å². The molecule has 5 nitrogen and oxygen atoms in total. The normalized spacial score (nSPS) is 19.4. The molecule has 0 spiro atoms. The van der Waals surface area contributed by atoms with Gasteiger partial charge in [-0.3, -0.25) is 4.78 Å². The molecule has 0 aromatic heterocycles. The molecule has 1 fully saturated rings. The van der Waals surface area contributed by atoms with E-state index in [0.29, 0.717) is 11.4 Å². The minimum absolute atomic E-state index is 0.188. The summed E-state index contributed by atoms with van der Waals surface area (Å²) in [6.45, 7) is 3.43. The van der Waals surface area contributed by atoms with Crippen molar-refractivity contribution in [3.63, 3.8) is 0 Å². The molecule has 0 amide bonds. The number of allylic oxidation sites excluding steroid dienone is 4. The monoisotopic (exact) mass is 313 g/mol. The topological polar surface area (TPSA) is 91.2 Å². The van der Waals surface area contributed by atoms with Gasteiger partial charge in [-0.15, -0.1) is 10.7 Å². The molecule has 1 aliphatic heterocycles. The third-order valence-electron chi connectivity index (χ3n) is 2.84. The lowest BCUT2D eigenvalue weighted by atomic mass is 10.3. The molecule has 1 aliphatic rings. The summed E-state index contributed by atoms with van der Waals surface area (Å²) in [6, 6.07) is 0. The van der Waals surface area contributed by atoms with Crippen LogP contribution < -0.4 is 16.8 Å². The van der Waals surface area contributed by atoms with Gasteiger partial charge in [0.25, 0.3) is 0 Å². The maximum absolute atomic E-state index is 13.0. The van der Waals surface area contributed by atoms with Crippen molar-refractivity contribution < 1.29 is 4.39 Å². The number of nitrogens with zero attached hydrogens (tertiary/aromatic N) is 1. The second kappa shape index (κ2) is 9.36. The Hall–Kier alpha value is -1.60. The van der Waals surface area contributed by atoms with Crippen LogP contribution in [0.25, 0.3) is 0 Å². The summed E-state index contributed by atoms with van der Waals surface area (Å²) in [5.41, 5.74) is 12.1. The summed E-state index contributed by atoms with van der Waals surface area (Å²) in [6.07, 6.45) is 8.56. The third kappa shape index (κ3) is 7.67. The summed E-state index contributed by atoms with van der Waals surface area (Å²) < 4.78 is 20.7. The Morgan fingerprint density at radius 2 is 2.10 bits per heavy atom. The number of nitrogens with one attached hydrogen (secondary N) is 2. The Bertz CT molecular complexity index is 468. The van der Waals surface area contributed by atoms with Gasteiger partial charge in [-0.1, -0.05) is 0 Å². The van der Waals surface area contributed by atoms with E-state index < -0.39 is 0 Å². The standard InChI is InChI=1S/C14H24FN5S/c1-12(15)9-14(19-11-13(17)10-16)3-2-4-20-5-7-21(18)8-6-20/h2-4,9,11,18-19H,5-8,10,16-17H2,1H3/b4-2+,12-9+,13-11-,14-3+. The van der Waals surface area contributed by atoms with Crippen LogP contribution in [0.2, 0.25) is 0 Å². The summed E-state index contributed by atoms with van der Waals surface area (Å²) in [4.78, 5) is 2.17. The second-order valence-corrected chi connectivity index (χ2v) is 6.50. The Morgan fingerprint density at radius 3 is 2.67 bits per heavy atom. The molecule has 0 unspecified atom stereocenters. The molecule has 0 atom stereocenters. The van der Waals surface area contributed by atoms with E-state index in [1.165, 1.54) is 13.0 Å². The highest BCUT2D eigenvalue weighted by molar-refractivity contribution is 7.86. The van der Waals surface area contributed by atoms with E-state index in [4.69, 9.17) is 16.2 Å². The van der Waals surface area contributed by atoms with E-state index in [0.717, 1.165) is 24.6 Å². The molecule has 0 saturated carbocycles. The average molecular weight is 313 g/mol. The fourth-order valence-electron chi connectivity index (χ4n) is 1.67. The van der Waals surface area contributed by atoms with Crippen LogP contribution >= 0.6 is 0 Å². The smallest absolute Gasteiger partial charge is 0.0989 e. The molecule has 1 rings (SSSR count). The van der Waals surface area contributed by atoms with Gasteiger partial charge < -0.3 is 21.7 Å². The fraction of sp³-hybridized carbons (Fsp3) is 0.429. The minimum atomic E-state index is -0.293. The Labute approximate surface area is 128 Å². The van der Waals surface area contributed by atoms with Gasteiger partial charge in [-0.05, 0) is 31.4 Å². The molecule has 0 bridgehead atoms. The van der Waals surface area contributed by atoms with Gasteiger partial charge in [0.2, 0.25) is 0 Å². The highest BCUT2D eigenvalue weighted by atomic mass is 32.2. The van der Waals surface area contributed by atoms with Crippen molar-refractivity contribution in [1.82, 2.24) is 10.2 Å². The molecule has 7 heteroatoms. The van der Waals surface area contributed by atoms with Crippen molar-refractivity contribution >= 4 is 10.7 Å². The van der Waals surface area contributed by atoms with E-state index in [9.17, 15) is 4.39 Å². The van der Waals surface area contributed by atoms with Crippen molar-refractivity contribution in [1.29, 1.82) is 4.78 Å². The van der Waals surface area contributed by atoms with Gasteiger partial charge in [0.15, 0.2) is 0 Å². The first-order chi connectivity index (χ1) is 10.0. The lowest BCUT2D eigenvalue weighted by Gasteiger charge is -2.25. The largest absolute Gasteiger partial charge is 0.400 e. The van der Waals surface area contributed by atoms with Crippen LogP contribution in [0.4, 0.5) is 4.39 Å². The van der Waals surface area contributed by atoms with E-state index in [2.05, 4.69) is 10.2 Å². The number of nitrogens with two attached hydrogens (primary N) is 2. The molecule has 0 radical (unpaired) electrons. The first kappa shape index (κ1) is 17.5. The second-order valence-electron chi connectivity index (χ2n) is 4.70. The molecule has 21 heavy (non-hydrogen) atoms. The zero-order valence-electron chi connectivity index (χ0n) is 12.3. The van der Waals surface area contributed by atoms with E-state index in [1.54, 1.807) is 12.3 Å². The quantitative estimate of drug-likeness (QED) is 0.556. The highest BCUT2D eigenvalue weighted by Crippen LogP contribution is 2.04. The number of rotatable bonds is 6. The Morgan fingerprint density at radius 1 is 1.43 bits per heavy atom. The zero-order valence-corrected chi connectivity index (χ0v) is 13.1. The Balaban J connectivity index is 2.65. The van der Waals surface area contributed by atoms with Crippen molar-refractivity contribution in [2.45, 2.75) is 6.92 Å². The van der Waals surface area contributed by atoms with Crippen LogP contribution in [0.3, 0.4) is 0 Å². The molecule has 1 saturated heterocycles.